The molecule has 0 radical (unpaired) electrons. The van der Waals surface area contributed by atoms with Crippen LogP contribution in [0.2, 0.25) is 5.02 Å². The number of aromatic amines is 1. The van der Waals surface area contributed by atoms with Crippen molar-refractivity contribution < 1.29 is 13.9 Å². The summed E-state index contributed by atoms with van der Waals surface area (Å²) in [7, 11) is 0. The fourth-order valence-corrected chi connectivity index (χ4v) is 3.21. The van der Waals surface area contributed by atoms with Crippen molar-refractivity contribution in [2.45, 2.75) is 39.2 Å². The molecule has 3 rings (SSSR count). The third-order valence-corrected chi connectivity index (χ3v) is 4.48. The molecule has 0 bridgehead atoms. The molecule has 1 aliphatic heterocycles. The van der Waals surface area contributed by atoms with Gasteiger partial charge in [-0.1, -0.05) is 11.6 Å². The number of nitrogens with zero attached hydrogens (tertiary/aromatic N) is 1. The minimum Gasteiger partial charge on any atom is -0.444 e. The van der Waals surface area contributed by atoms with E-state index in [1.807, 2.05) is 0 Å². The fourth-order valence-electron chi connectivity index (χ4n) is 3.00. The summed E-state index contributed by atoms with van der Waals surface area (Å²) in [5.74, 6) is -0.600. The van der Waals surface area contributed by atoms with Crippen molar-refractivity contribution >= 4 is 28.6 Å². The monoisotopic (exact) mass is 366 g/mol. The number of halogens is 2. The summed E-state index contributed by atoms with van der Waals surface area (Å²) in [6.45, 7) is 6.17. The second kappa shape index (κ2) is 6.33. The molecular weight excluding hydrogens is 347 g/mol. The molecule has 7 heteroatoms. The molecule has 2 aromatic rings. The van der Waals surface area contributed by atoms with Gasteiger partial charge < -0.3 is 14.6 Å². The van der Waals surface area contributed by atoms with Gasteiger partial charge in [0.05, 0.1) is 15.9 Å². The Morgan fingerprint density at radius 3 is 2.64 bits per heavy atom. The number of rotatable bonds is 0. The summed E-state index contributed by atoms with van der Waals surface area (Å²) in [5, 5.41) is 0.265. The predicted molar refractivity (Wildman–Crippen MR) is 94.8 cm³/mol. The number of amides is 1. The molecule has 1 N–H and O–H groups in total. The highest BCUT2D eigenvalue weighted by atomic mass is 35.5. The molecular formula is C18H20ClFN2O3. The van der Waals surface area contributed by atoms with Crippen LogP contribution in [0.4, 0.5) is 9.18 Å². The van der Waals surface area contributed by atoms with Crippen LogP contribution in [0.1, 0.15) is 32.0 Å². The Morgan fingerprint density at radius 1 is 1.28 bits per heavy atom. The molecule has 25 heavy (non-hydrogen) atoms. The lowest BCUT2D eigenvalue weighted by molar-refractivity contribution is 0.0258. The van der Waals surface area contributed by atoms with E-state index >= 15 is 0 Å². The molecule has 1 aliphatic rings. The number of nitrogens with one attached hydrogen (secondary N) is 1. The molecule has 0 saturated heterocycles. The van der Waals surface area contributed by atoms with E-state index in [0.717, 1.165) is 0 Å². The van der Waals surface area contributed by atoms with Crippen LogP contribution in [-0.4, -0.2) is 34.7 Å². The summed E-state index contributed by atoms with van der Waals surface area (Å²) in [6, 6.07) is 2.61. The number of hydrogen-bond donors (Lipinski definition) is 1. The van der Waals surface area contributed by atoms with Crippen LogP contribution in [-0.2, 0) is 17.6 Å². The number of carbonyl (C=O) groups is 1. The molecule has 1 aromatic heterocycles. The number of carbonyl (C=O) groups excluding carboxylic acids is 1. The van der Waals surface area contributed by atoms with Gasteiger partial charge in [-0.15, -0.1) is 0 Å². The number of benzene rings is 1. The zero-order chi connectivity index (χ0) is 18.4. The van der Waals surface area contributed by atoms with Crippen molar-refractivity contribution in [2.24, 2.45) is 0 Å². The maximum atomic E-state index is 14.1. The molecule has 0 fully saturated rings. The van der Waals surface area contributed by atoms with Crippen molar-refractivity contribution in [1.82, 2.24) is 9.88 Å². The zero-order valence-corrected chi connectivity index (χ0v) is 15.2. The van der Waals surface area contributed by atoms with E-state index in [2.05, 4.69) is 4.98 Å². The van der Waals surface area contributed by atoms with Gasteiger partial charge in [0.2, 0.25) is 0 Å². The van der Waals surface area contributed by atoms with Crippen LogP contribution < -0.4 is 5.43 Å². The van der Waals surface area contributed by atoms with Crippen LogP contribution in [0.5, 0.6) is 0 Å². The van der Waals surface area contributed by atoms with Crippen LogP contribution >= 0.6 is 11.6 Å². The first-order valence-corrected chi connectivity index (χ1v) is 8.55. The van der Waals surface area contributed by atoms with Gasteiger partial charge in [0, 0.05) is 30.8 Å². The van der Waals surface area contributed by atoms with Gasteiger partial charge in [-0.3, -0.25) is 4.79 Å². The Kier molecular flexibility index (Phi) is 4.49. The molecule has 1 amide bonds. The van der Waals surface area contributed by atoms with Crippen molar-refractivity contribution in [3.8, 4) is 0 Å². The van der Waals surface area contributed by atoms with E-state index < -0.39 is 17.5 Å². The van der Waals surface area contributed by atoms with E-state index in [1.165, 1.54) is 12.1 Å². The Morgan fingerprint density at radius 2 is 1.96 bits per heavy atom. The van der Waals surface area contributed by atoms with E-state index in [1.54, 1.807) is 25.7 Å². The van der Waals surface area contributed by atoms with Crippen LogP contribution in [0.25, 0.3) is 10.9 Å². The van der Waals surface area contributed by atoms with E-state index in [-0.39, 0.29) is 10.8 Å². The van der Waals surface area contributed by atoms with Crippen LogP contribution in [0.3, 0.4) is 0 Å². The largest absolute Gasteiger partial charge is 0.444 e. The standard InChI is InChI=1S/C18H20ClFN2O3/c1-18(2,3)25-17(24)22-8-6-10-13(7-9-22)21-15-11(19)4-5-12(20)14(15)16(10)23/h4-5H,6-9H2,1-3H3,(H,21,23). The first kappa shape index (κ1) is 17.7. The van der Waals surface area contributed by atoms with E-state index in [9.17, 15) is 14.0 Å². The average molecular weight is 367 g/mol. The van der Waals surface area contributed by atoms with E-state index in [4.69, 9.17) is 16.3 Å². The first-order valence-electron chi connectivity index (χ1n) is 8.17. The lowest BCUT2D eigenvalue weighted by atomic mass is 10.0. The lowest BCUT2D eigenvalue weighted by Crippen LogP contribution is -2.38. The predicted octanol–water partition coefficient (Wildman–Crippen LogP) is 3.66. The van der Waals surface area contributed by atoms with Crippen molar-refractivity contribution in [3.05, 3.63) is 44.5 Å². The zero-order valence-electron chi connectivity index (χ0n) is 14.4. The van der Waals surface area contributed by atoms with Gasteiger partial charge in [-0.2, -0.15) is 0 Å². The summed E-state index contributed by atoms with van der Waals surface area (Å²) in [6.07, 6.45) is 0.375. The van der Waals surface area contributed by atoms with Crippen molar-refractivity contribution in [3.63, 3.8) is 0 Å². The summed E-state index contributed by atoms with van der Waals surface area (Å²) in [5.41, 5.74) is 0.541. The number of fused-ring (bicyclic) bond motifs is 2. The molecule has 0 atom stereocenters. The quantitative estimate of drug-likeness (QED) is 0.774. The molecule has 0 spiro atoms. The Labute approximate surface area is 149 Å². The molecule has 0 aliphatic carbocycles. The van der Waals surface area contributed by atoms with Gasteiger partial charge in [-0.25, -0.2) is 9.18 Å². The van der Waals surface area contributed by atoms with Gasteiger partial charge in [0.1, 0.15) is 11.4 Å². The number of pyridine rings is 1. The molecule has 0 unspecified atom stereocenters. The Bertz CT molecular complexity index is 902. The maximum absolute atomic E-state index is 14.1. The maximum Gasteiger partial charge on any atom is 0.410 e. The number of aromatic nitrogens is 1. The van der Waals surface area contributed by atoms with Gasteiger partial charge in [-0.05, 0) is 39.3 Å². The highest BCUT2D eigenvalue weighted by Gasteiger charge is 2.26. The fraction of sp³-hybridized carbons (Fsp3) is 0.444. The average Bonchev–Trinajstić information content (AvgIpc) is 2.72. The number of hydrogen-bond acceptors (Lipinski definition) is 3. The summed E-state index contributed by atoms with van der Waals surface area (Å²) < 4.78 is 19.5. The smallest absolute Gasteiger partial charge is 0.410 e. The van der Waals surface area contributed by atoms with E-state index in [0.29, 0.717) is 47.7 Å². The summed E-state index contributed by atoms with van der Waals surface area (Å²) >= 11 is 6.11. The SMILES string of the molecule is CC(C)(C)OC(=O)N1CCc2[nH]c3c(Cl)ccc(F)c3c(=O)c2CC1. The highest BCUT2D eigenvalue weighted by Crippen LogP contribution is 2.25. The lowest BCUT2D eigenvalue weighted by Gasteiger charge is -2.26. The van der Waals surface area contributed by atoms with Gasteiger partial charge >= 0.3 is 6.09 Å². The highest BCUT2D eigenvalue weighted by molar-refractivity contribution is 6.35. The molecule has 2 heterocycles. The van der Waals surface area contributed by atoms with Crippen LogP contribution in [0, 0.1) is 5.82 Å². The second-order valence-electron chi connectivity index (χ2n) is 7.16. The third-order valence-electron chi connectivity index (χ3n) is 4.16. The molecule has 5 nitrogen and oxygen atoms in total. The summed E-state index contributed by atoms with van der Waals surface area (Å²) in [4.78, 5) is 29.7. The first-order chi connectivity index (χ1) is 11.7. The normalized spacial score (nSPS) is 15.0. The molecule has 134 valence electrons. The van der Waals surface area contributed by atoms with Crippen molar-refractivity contribution in [2.75, 3.05) is 13.1 Å². The Balaban J connectivity index is 1.97. The Hall–Kier alpha value is -2.08. The minimum absolute atomic E-state index is 0.0306. The second-order valence-corrected chi connectivity index (χ2v) is 7.57. The number of H-pyrrole nitrogens is 1. The van der Waals surface area contributed by atoms with Gasteiger partial charge in [0.15, 0.2) is 5.43 Å². The molecule has 0 saturated carbocycles. The molecule has 1 aromatic carbocycles. The minimum atomic E-state index is -0.600. The third kappa shape index (κ3) is 3.49. The number of ether oxygens (including phenoxy) is 1. The van der Waals surface area contributed by atoms with Gasteiger partial charge in [0.25, 0.3) is 0 Å². The van der Waals surface area contributed by atoms with Crippen LogP contribution in [0.15, 0.2) is 16.9 Å². The van der Waals surface area contributed by atoms with Crippen molar-refractivity contribution in [1.29, 1.82) is 0 Å². The topological polar surface area (TPSA) is 62.4 Å².